The molecule has 0 aliphatic carbocycles. The Morgan fingerprint density at radius 2 is 2.03 bits per heavy atom. The number of benzene rings is 1. The largest absolute Gasteiger partial charge is 0.480 e. The first-order chi connectivity index (χ1) is 13.6. The zero-order valence-corrected chi connectivity index (χ0v) is 17.4. The highest BCUT2D eigenvalue weighted by Crippen LogP contribution is 2.50. The molecule has 29 heavy (non-hydrogen) atoms. The van der Waals surface area contributed by atoms with Gasteiger partial charge in [0.25, 0.3) is 5.91 Å². The van der Waals surface area contributed by atoms with Gasteiger partial charge in [0.15, 0.2) is 0 Å². The maximum absolute atomic E-state index is 13.0. The molecule has 2 aliphatic rings. The van der Waals surface area contributed by atoms with Gasteiger partial charge in [-0.15, -0.1) is 11.8 Å². The molecule has 3 atom stereocenters. The van der Waals surface area contributed by atoms with Crippen molar-refractivity contribution < 1.29 is 24.0 Å². The van der Waals surface area contributed by atoms with Gasteiger partial charge in [0.2, 0.25) is 5.91 Å². The number of amides is 2. The van der Waals surface area contributed by atoms with Crippen molar-refractivity contribution in [3.63, 3.8) is 0 Å². The van der Waals surface area contributed by atoms with E-state index < -0.39 is 40.0 Å². The lowest BCUT2D eigenvalue weighted by atomic mass is 9.95. The van der Waals surface area contributed by atoms with E-state index >= 15 is 0 Å². The quantitative estimate of drug-likeness (QED) is 0.709. The van der Waals surface area contributed by atoms with Crippen molar-refractivity contribution in [3.8, 4) is 11.3 Å². The van der Waals surface area contributed by atoms with Gasteiger partial charge in [0, 0.05) is 10.3 Å². The van der Waals surface area contributed by atoms with E-state index in [0.717, 1.165) is 0 Å². The topological polar surface area (TPSA) is 113 Å². The molecule has 2 amide bonds. The van der Waals surface area contributed by atoms with Gasteiger partial charge in [-0.25, -0.2) is 4.79 Å². The number of carboxylic acid groups (broad SMARTS) is 1. The van der Waals surface area contributed by atoms with Crippen molar-refractivity contribution in [2.45, 2.75) is 43.0 Å². The summed E-state index contributed by atoms with van der Waals surface area (Å²) >= 11 is 7.59. The van der Waals surface area contributed by atoms with E-state index in [9.17, 15) is 19.5 Å². The van der Waals surface area contributed by atoms with Crippen LogP contribution >= 0.6 is 23.4 Å². The monoisotopic (exact) mass is 435 g/mol. The van der Waals surface area contributed by atoms with E-state index in [4.69, 9.17) is 16.1 Å². The lowest BCUT2D eigenvalue weighted by Crippen LogP contribution is -2.70. The maximum Gasteiger partial charge on any atom is 0.327 e. The number of β-lactam (4-membered cyclic amide) rings is 1. The Morgan fingerprint density at radius 1 is 1.34 bits per heavy atom. The number of rotatable bonds is 4. The summed E-state index contributed by atoms with van der Waals surface area (Å²) in [6, 6.07) is 5.18. The average molecular weight is 436 g/mol. The predicted molar refractivity (Wildman–Crippen MR) is 107 cm³/mol. The molecule has 8 nitrogen and oxygen atoms in total. The van der Waals surface area contributed by atoms with E-state index in [1.807, 2.05) is 0 Å². The average Bonchev–Trinajstić information content (AvgIpc) is 3.15. The second-order valence-electron chi connectivity index (χ2n) is 7.49. The Labute approximate surface area is 175 Å². The van der Waals surface area contributed by atoms with Gasteiger partial charge in [-0.2, -0.15) is 0 Å². The second-order valence-corrected chi connectivity index (χ2v) is 9.67. The van der Waals surface area contributed by atoms with E-state index in [2.05, 4.69) is 10.5 Å². The third-order valence-electron chi connectivity index (χ3n) is 5.18. The molecule has 0 bridgehead atoms. The van der Waals surface area contributed by atoms with Crippen molar-refractivity contribution >= 4 is 41.1 Å². The van der Waals surface area contributed by atoms with Crippen LogP contribution in [0.5, 0.6) is 0 Å². The van der Waals surface area contributed by atoms with Crippen LogP contribution < -0.4 is 5.32 Å². The zero-order chi connectivity index (χ0) is 21.1. The summed E-state index contributed by atoms with van der Waals surface area (Å²) in [5, 5.41) is 16.2. The first kappa shape index (κ1) is 19.8. The number of fused-ring (bicyclic) bond motifs is 1. The molecule has 1 aromatic carbocycles. The van der Waals surface area contributed by atoms with Gasteiger partial charge in [-0.1, -0.05) is 35.0 Å². The van der Waals surface area contributed by atoms with Gasteiger partial charge >= 0.3 is 5.97 Å². The second kappa shape index (κ2) is 6.77. The molecule has 1 aromatic heterocycles. The number of carboxylic acids is 1. The Kier molecular flexibility index (Phi) is 4.62. The van der Waals surface area contributed by atoms with Crippen LogP contribution in [-0.4, -0.2) is 55.2 Å². The number of halogens is 1. The van der Waals surface area contributed by atoms with Gasteiger partial charge in [0.1, 0.15) is 34.5 Å². The molecule has 2 fully saturated rings. The summed E-state index contributed by atoms with van der Waals surface area (Å²) < 4.78 is 4.54. The minimum absolute atomic E-state index is 0.196. The third-order valence-corrected chi connectivity index (χ3v) is 7.08. The zero-order valence-electron chi connectivity index (χ0n) is 15.8. The lowest BCUT2D eigenvalue weighted by Gasteiger charge is -2.43. The van der Waals surface area contributed by atoms with Crippen LogP contribution in [0.4, 0.5) is 0 Å². The molecule has 0 radical (unpaired) electrons. The number of nitrogens with one attached hydrogen (secondary N) is 1. The van der Waals surface area contributed by atoms with Crippen molar-refractivity contribution in [1.82, 2.24) is 15.4 Å². The smallest absolute Gasteiger partial charge is 0.327 e. The molecule has 3 heterocycles. The Balaban J connectivity index is 1.60. The first-order valence-electron chi connectivity index (χ1n) is 8.88. The number of hydrogen-bond donors (Lipinski definition) is 2. The Bertz CT molecular complexity index is 1040. The summed E-state index contributed by atoms with van der Waals surface area (Å²) in [6.07, 6.45) is 0. The molecule has 2 N–H and O–H groups in total. The van der Waals surface area contributed by atoms with Gasteiger partial charge in [-0.05, 0) is 26.8 Å². The number of nitrogens with zero attached hydrogens (tertiary/aromatic N) is 2. The van der Waals surface area contributed by atoms with Crippen LogP contribution in [-0.2, 0) is 9.59 Å². The molecule has 0 unspecified atom stereocenters. The van der Waals surface area contributed by atoms with Gasteiger partial charge in [0.05, 0.1) is 5.02 Å². The van der Waals surface area contributed by atoms with E-state index in [-0.39, 0.29) is 11.3 Å². The number of aryl methyl sites for hydroxylation is 1. The fourth-order valence-electron chi connectivity index (χ4n) is 3.84. The number of aromatic nitrogens is 1. The normalized spacial score (nSPS) is 24.8. The van der Waals surface area contributed by atoms with Crippen molar-refractivity contribution in [3.05, 3.63) is 40.6 Å². The highest BCUT2D eigenvalue weighted by Gasteiger charge is 2.64. The Hall–Kier alpha value is -2.52. The minimum Gasteiger partial charge on any atom is -0.480 e. The minimum atomic E-state index is -1.06. The molecule has 0 spiro atoms. The van der Waals surface area contributed by atoms with Gasteiger partial charge in [-0.3, -0.25) is 9.59 Å². The molecular weight excluding hydrogens is 418 g/mol. The SMILES string of the molecule is Cc1onc(-c2ccccc2Cl)c1C(=O)N[C@@H]1C(=O)N2[C@@H]1SC(C)(C)[C@H]2C(=O)O. The van der Waals surface area contributed by atoms with E-state index in [1.54, 1.807) is 45.0 Å². The predicted octanol–water partition coefficient (Wildman–Crippen LogP) is 2.55. The van der Waals surface area contributed by atoms with Crippen LogP contribution in [0.1, 0.15) is 30.0 Å². The number of carbonyl (C=O) groups excluding carboxylic acids is 2. The first-order valence-corrected chi connectivity index (χ1v) is 10.1. The van der Waals surface area contributed by atoms with Crippen LogP contribution in [0.15, 0.2) is 28.8 Å². The van der Waals surface area contributed by atoms with Crippen LogP contribution in [0.25, 0.3) is 11.3 Å². The highest BCUT2D eigenvalue weighted by atomic mass is 35.5. The summed E-state index contributed by atoms with van der Waals surface area (Å²) in [7, 11) is 0. The maximum atomic E-state index is 13.0. The molecular formula is C19H18ClN3O5S. The van der Waals surface area contributed by atoms with Crippen LogP contribution in [0.2, 0.25) is 5.02 Å². The fraction of sp³-hybridized carbons (Fsp3) is 0.368. The van der Waals surface area contributed by atoms with E-state index in [0.29, 0.717) is 16.3 Å². The Morgan fingerprint density at radius 3 is 2.69 bits per heavy atom. The van der Waals surface area contributed by atoms with Crippen molar-refractivity contribution in [2.75, 3.05) is 0 Å². The van der Waals surface area contributed by atoms with E-state index in [1.165, 1.54) is 16.7 Å². The lowest BCUT2D eigenvalue weighted by molar-refractivity contribution is -0.159. The molecule has 2 aromatic rings. The molecule has 0 saturated carbocycles. The number of carbonyl (C=O) groups is 3. The fourth-order valence-corrected chi connectivity index (χ4v) is 5.69. The summed E-state index contributed by atoms with van der Waals surface area (Å²) in [6.45, 7) is 5.16. The summed E-state index contributed by atoms with van der Waals surface area (Å²) in [5.74, 6) is -1.70. The third kappa shape index (κ3) is 3.00. The molecule has 2 saturated heterocycles. The number of aliphatic carboxylic acids is 1. The highest BCUT2D eigenvalue weighted by molar-refractivity contribution is 8.01. The molecule has 2 aliphatic heterocycles. The molecule has 152 valence electrons. The number of hydrogen-bond acceptors (Lipinski definition) is 6. The standard InChI is InChI=1S/C19H18ClN3O5S/c1-8-11(12(22-28-8)9-6-4-5-7-10(9)20)15(24)21-13-16(25)23-14(18(26)27)19(2,3)29-17(13)23/h4-7,13-14,17H,1-3H3,(H,21,24)(H,26,27)/t13-,14-,17-/m1/s1. The summed E-state index contributed by atoms with van der Waals surface area (Å²) in [5.41, 5.74) is 1.03. The summed E-state index contributed by atoms with van der Waals surface area (Å²) in [4.78, 5) is 38.6. The van der Waals surface area contributed by atoms with Gasteiger partial charge < -0.3 is 19.8 Å². The number of thioether (sulfide) groups is 1. The van der Waals surface area contributed by atoms with Crippen molar-refractivity contribution in [2.24, 2.45) is 0 Å². The molecule has 10 heteroatoms. The van der Waals surface area contributed by atoms with Crippen LogP contribution in [0, 0.1) is 6.92 Å². The molecule has 4 rings (SSSR count). The van der Waals surface area contributed by atoms with Crippen LogP contribution in [0.3, 0.4) is 0 Å². The van der Waals surface area contributed by atoms with Crippen molar-refractivity contribution in [1.29, 1.82) is 0 Å².